The van der Waals surface area contributed by atoms with Crippen LogP contribution in [-0.4, -0.2) is 294 Å². The van der Waals surface area contributed by atoms with Crippen LogP contribution < -0.4 is 124 Å². The molecular formula is C92H150N28O24. The minimum atomic E-state index is -1.84. The lowest BCUT2D eigenvalue weighted by Crippen LogP contribution is -2.61. The van der Waals surface area contributed by atoms with E-state index in [1.807, 2.05) is 0 Å². The number of aliphatic hydroxyl groups is 1. The van der Waals surface area contributed by atoms with Gasteiger partial charge in [0.1, 0.15) is 102 Å². The average Bonchev–Trinajstić information content (AvgIpc) is 0.915. The Labute approximate surface area is 835 Å². The Morgan fingerprint density at radius 3 is 1.10 bits per heavy atom. The molecular weight excluding hydrogens is 1880 g/mol. The molecule has 19 atom stereocenters. The van der Waals surface area contributed by atoms with Crippen LogP contribution in [0.25, 0.3) is 0 Å². The number of nitrogens with zero attached hydrogens (tertiary/aromatic N) is 3. The highest BCUT2D eigenvalue weighted by Crippen LogP contribution is 2.19. The fourth-order valence-corrected chi connectivity index (χ4v) is 14.3. The Morgan fingerprint density at radius 1 is 0.375 bits per heavy atom. The van der Waals surface area contributed by atoms with Crippen LogP contribution >= 0.6 is 0 Å². The van der Waals surface area contributed by atoms with Gasteiger partial charge in [0.05, 0.1) is 55.7 Å². The molecule has 0 spiro atoms. The number of aliphatic hydroxyl groups excluding tert-OH is 1. The molecule has 0 aliphatic rings. The zero-order chi connectivity index (χ0) is 109. The van der Waals surface area contributed by atoms with Gasteiger partial charge in [-0.15, -0.1) is 0 Å². The number of hydrogen-bond acceptors (Lipinski definition) is 27. The number of carboxylic acids is 1. The fourth-order valence-electron chi connectivity index (χ4n) is 14.3. The molecule has 33 N–H and O–H groups in total. The summed E-state index contributed by atoms with van der Waals surface area (Å²) in [6.07, 6.45) is 1.57. The van der Waals surface area contributed by atoms with E-state index < -0.39 is 271 Å². The Morgan fingerprint density at radius 2 is 0.715 bits per heavy atom. The number of nitrogens with one attached hydrogen (secondary N) is 20. The molecule has 52 nitrogen and oxygen atoms in total. The number of imidazole rings is 2. The number of aromatic nitrogens is 4. The number of carbonyl (C=O) groups excluding carboxylic acids is 20. The number of amides is 20. The van der Waals surface area contributed by atoms with Crippen LogP contribution in [-0.2, 0) is 120 Å². The zero-order valence-electron chi connectivity index (χ0n) is 84.6. The number of hydrogen-bond donors (Lipinski definition) is 28. The molecule has 0 saturated heterocycles. The van der Waals surface area contributed by atoms with Crippen molar-refractivity contribution in [3.8, 4) is 5.75 Å². The molecule has 0 radical (unpaired) electrons. The molecule has 0 bridgehead atoms. The molecule has 2 heterocycles. The second-order valence-corrected chi connectivity index (χ2v) is 37.8. The Hall–Kier alpha value is -14.5. The van der Waals surface area contributed by atoms with Crippen LogP contribution in [0.15, 0.2) is 54.3 Å². The van der Waals surface area contributed by atoms with Crippen molar-refractivity contribution in [1.82, 2.24) is 116 Å². The second-order valence-electron chi connectivity index (χ2n) is 37.8. The minimum absolute atomic E-state index is 0.0275. The first-order valence-electron chi connectivity index (χ1n) is 47.8. The minimum Gasteiger partial charge on any atom is -0.508 e. The maximum absolute atomic E-state index is 14.7. The van der Waals surface area contributed by atoms with Crippen molar-refractivity contribution in [2.24, 2.45) is 69.2 Å². The predicted octanol–water partition coefficient (Wildman–Crippen LogP) is -6.80. The summed E-state index contributed by atoms with van der Waals surface area (Å²) < 4.78 is 0. The maximum Gasteiger partial charge on any atom is 0.303 e. The summed E-state index contributed by atoms with van der Waals surface area (Å²) in [7, 11) is 0. The van der Waals surface area contributed by atoms with Crippen LogP contribution in [0, 0.1) is 35.5 Å². The topological polar surface area (TPSA) is 836 Å². The molecule has 3 rings (SSSR count). The van der Waals surface area contributed by atoms with E-state index in [0.717, 1.165) is 0 Å². The predicted molar refractivity (Wildman–Crippen MR) is 522 cm³/mol. The van der Waals surface area contributed by atoms with E-state index in [2.05, 4.69) is 121 Å². The van der Waals surface area contributed by atoms with E-state index in [9.17, 15) is 116 Å². The van der Waals surface area contributed by atoms with Gasteiger partial charge in [-0.2, -0.15) is 0 Å². The first-order valence-corrected chi connectivity index (χ1v) is 47.8. The standard InChI is InChI=1S/C92H150N28O24/c1-18-48(12)73(90(143)118-64(32-47(10)11)89(142)120-74(53(17)121)91(144)111-60(75(95)128)28-43(2)3)119-71(125)40-102-77(130)50(14)106-79(132)52(16)108-83(136)67(35-56-38-99-42-104-56)117-88(141)68(36-69(94)123)109-70(124)39-101-76(129)49(13)105-78(131)51(15)107-82(135)66(34-55-37-98-41-103-55)116-86(139)63(31-46(8)9)114-85(138)62(30-45(6)7)113-81(134)59(25-26-72(126)127)110-87(140)65(33-54-21-23-57(122)24-22-54)115-84(137)61(29-44(4)5)112-80(133)58(93)20-19-27-100-92(96)97/h21-24,37-38,41-53,58-68,73-74,121-122H,18-20,25-36,39-40,93H2,1-17H3,(H2,94,123)(H2,95,128)(H,98,103)(H,99,104)(H,101,129)(H,102,130)(H,105,131)(H,106,132)(H,107,135)(H,108,136)(H,109,124)(H,110,140)(H,111,144)(H,112,133)(H,113,134)(H,114,138)(H,115,137)(H,116,139)(H,117,141)(H,118,143)(H,119,125)(H,120,142)(H,126,127)(H4,96,97,100)/t48-,49-,50-,51-,52-,53+,58-,59-,60-,61-,62-,63-,64-,65-,66-,67-,68-,73-,74-/m0/s1. The van der Waals surface area contributed by atoms with Crippen LogP contribution in [0.2, 0.25) is 0 Å². The number of aromatic amines is 2. The largest absolute Gasteiger partial charge is 0.508 e. The highest BCUT2D eigenvalue weighted by Gasteiger charge is 2.41. The van der Waals surface area contributed by atoms with Crippen LogP contribution in [0.3, 0.4) is 0 Å². The average molecular weight is 2030 g/mol. The number of aliphatic imine (C=N–C) groups is 1. The molecule has 0 fully saturated rings. The van der Waals surface area contributed by atoms with Crippen molar-refractivity contribution < 1.29 is 116 Å². The van der Waals surface area contributed by atoms with Crippen molar-refractivity contribution in [2.45, 2.75) is 316 Å². The van der Waals surface area contributed by atoms with Crippen molar-refractivity contribution >= 4 is 130 Å². The summed E-state index contributed by atoms with van der Waals surface area (Å²) in [6, 6.07) is -19.1. The number of carboxylic acid groups (broad SMARTS) is 1. The number of guanidine groups is 1. The molecule has 1 aromatic carbocycles. The summed E-state index contributed by atoms with van der Waals surface area (Å²) in [5, 5.41) is 75.3. The van der Waals surface area contributed by atoms with Gasteiger partial charge in [-0.05, 0) is 139 Å². The molecule has 2 aromatic heterocycles. The van der Waals surface area contributed by atoms with Gasteiger partial charge in [0.15, 0.2) is 5.96 Å². The lowest BCUT2D eigenvalue weighted by atomic mass is 9.96. The summed E-state index contributed by atoms with van der Waals surface area (Å²) in [4.78, 5) is 305. The van der Waals surface area contributed by atoms with Gasteiger partial charge in [0.2, 0.25) is 118 Å². The number of carbonyl (C=O) groups is 21. The monoisotopic (exact) mass is 2030 g/mol. The van der Waals surface area contributed by atoms with Crippen molar-refractivity contribution in [2.75, 3.05) is 19.6 Å². The third kappa shape index (κ3) is 46.5. The van der Waals surface area contributed by atoms with Gasteiger partial charge >= 0.3 is 5.97 Å². The molecule has 52 heteroatoms. The van der Waals surface area contributed by atoms with Gasteiger partial charge < -0.3 is 150 Å². The van der Waals surface area contributed by atoms with E-state index in [1.165, 1.54) is 83.9 Å². The SMILES string of the molecule is CC[C@H](C)[C@H](NC(=O)CNC(=O)[C@H](C)NC(=O)[C@H](C)NC(=O)[C@H](Cc1c[nH]cn1)NC(=O)[C@H](CC(N)=O)NC(=O)CNC(=O)[C@H](C)NC(=O)[C@H](C)NC(=O)[C@H](Cc1c[nH]cn1)NC(=O)[C@H](CC(C)C)NC(=O)[C@H](CC(C)C)NC(=O)[C@H](CCC(=O)O)NC(=O)[C@H](Cc1ccc(O)cc1)NC(=O)[C@H](CC(C)C)NC(=O)[C@@H](N)CCCN=C(N)N)C(=O)N[C@@H](CC(C)C)C(=O)N[C@H](C(=O)N[C@@H](CC(C)C)C(N)=O)[C@@H](C)O. The number of H-pyrrole nitrogens is 2. The normalized spacial score (nSPS) is 15.2. The molecule has 0 aliphatic heterocycles. The Bertz CT molecular complexity index is 4840. The number of aromatic hydroxyl groups is 1. The van der Waals surface area contributed by atoms with Crippen molar-refractivity contribution in [1.29, 1.82) is 0 Å². The molecule has 802 valence electrons. The molecule has 20 amide bonds. The quantitative estimate of drug-likeness (QED) is 0.0142. The number of nitrogens with two attached hydrogens (primary N) is 5. The lowest BCUT2D eigenvalue weighted by Gasteiger charge is -2.29. The molecule has 3 aromatic rings. The van der Waals surface area contributed by atoms with Gasteiger partial charge in [-0.25, -0.2) is 9.97 Å². The van der Waals surface area contributed by atoms with Crippen LogP contribution in [0.4, 0.5) is 0 Å². The van der Waals surface area contributed by atoms with Gasteiger partial charge in [0.25, 0.3) is 0 Å². The highest BCUT2D eigenvalue weighted by molar-refractivity contribution is 6.02. The number of aliphatic carboxylic acids is 1. The third-order valence-corrected chi connectivity index (χ3v) is 22.3. The van der Waals surface area contributed by atoms with E-state index in [-0.39, 0.29) is 117 Å². The Balaban J connectivity index is 1.74. The van der Waals surface area contributed by atoms with E-state index in [0.29, 0.717) is 18.4 Å². The number of rotatable bonds is 65. The summed E-state index contributed by atoms with van der Waals surface area (Å²) in [5.74, 6) is -22.5. The number of primary amides is 2. The maximum atomic E-state index is 14.7. The van der Waals surface area contributed by atoms with Gasteiger partial charge in [0, 0.05) is 44.6 Å². The number of benzene rings is 1. The first-order chi connectivity index (χ1) is 67.4. The summed E-state index contributed by atoms with van der Waals surface area (Å²) >= 11 is 0. The van der Waals surface area contributed by atoms with Gasteiger partial charge in [-0.1, -0.05) is 102 Å². The summed E-state index contributed by atoms with van der Waals surface area (Å²) in [6.45, 7) is 25.5. The smallest absolute Gasteiger partial charge is 0.303 e. The van der Waals surface area contributed by atoms with Crippen molar-refractivity contribution in [3.05, 3.63) is 66.3 Å². The highest BCUT2D eigenvalue weighted by atomic mass is 16.4. The molecule has 0 saturated carbocycles. The summed E-state index contributed by atoms with van der Waals surface area (Å²) in [5.41, 5.74) is 28.8. The van der Waals surface area contributed by atoms with Crippen molar-refractivity contribution in [3.63, 3.8) is 0 Å². The van der Waals surface area contributed by atoms with E-state index in [4.69, 9.17) is 28.7 Å². The Kier molecular flexibility index (Phi) is 53.3. The molecule has 0 unspecified atom stereocenters. The molecule has 0 aliphatic carbocycles. The fraction of sp³-hybridized carbons (Fsp3) is 0.630. The zero-order valence-corrected chi connectivity index (χ0v) is 84.6. The first kappa shape index (κ1) is 124. The van der Waals surface area contributed by atoms with E-state index >= 15 is 0 Å². The van der Waals surface area contributed by atoms with Gasteiger partial charge in [-0.3, -0.25) is 106 Å². The van der Waals surface area contributed by atoms with Crippen LogP contribution in [0.1, 0.15) is 205 Å². The van der Waals surface area contributed by atoms with Crippen LogP contribution in [0.5, 0.6) is 5.75 Å². The third-order valence-electron chi connectivity index (χ3n) is 22.3. The second kappa shape index (κ2) is 62.0. The lowest BCUT2D eigenvalue weighted by molar-refractivity contribution is -0.139. The number of phenolic OH excluding ortho intramolecular Hbond substituents is 1. The number of phenols is 1. The van der Waals surface area contributed by atoms with E-state index in [1.54, 1.807) is 83.1 Å². The molecule has 144 heavy (non-hydrogen) atoms.